The highest BCUT2D eigenvalue weighted by Crippen LogP contribution is 2.17. The van der Waals surface area contributed by atoms with Gasteiger partial charge in [-0.15, -0.1) is 6.58 Å². The molecule has 2 nitrogen and oxygen atoms in total. The summed E-state index contributed by atoms with van der Waals surface area (Å²) in [5, 5.41) is 0.226. The lowest BCUT2D eigenvalue weighted by Gasteiger charge is -2.06. The summed E-state index contributed by atoms with van der Waals surface area (Å²) in [5.74, 6) is -0.466. The lowest BCUT2D eigenvalue weighted by atomic mass is 10.1. The molecule has 64 valence electrons. The maximum absolute atomic E-state index is 13.0. The van der Waals surface area contributed by atoms with Gasteiger partial charge in [0, 0.05) is 5.56 Å². The van der Waals surface area contributed by atoms with E-state index < -0.39 is 11.9 Å². The summed E-state index contributed by atoms with van der Waals surface area (Å²) in [6.45, 7) is 3.45. The lowest BCUT2D eigenvalue weighted by Crippen LogP contribution is -2.09. The van der Waals surface area contributed by atoms with E-state index in [0.717, 1.165) is 6.20 Å². The van der Waals surface area contributed by atoms with Crippen LogP contribution in [0.2, 0.25) is 5.15 Å². The predicted octanol–water partition coefficient (Wildman–Crippen LogP) is 2.06. The van der Waals surface area contributed by atoms with Crippen LogP contribution in [0.3, 0.4) is 0 Å². The van der Waals surface area contributed by atoms with Gasteiger partial charge < -0.3 is 5.73 Å². The molecule has 1 aromatic heterocycles. The molecule has 0 aliphatic rings. The highest BCUT2D eigenvalue weighted by Gasteiger charge is 2.08. The highest BCUT2D eigenvalue weighted by atomic mass is 35.5. The monoisotopic (exact) mass is 186 g/mol. The van der Waals surface area contributed by atoms with Gasteiger partial charge in [-0.2, -0.15) is 0 Å². The molecule has 4 heteroatoms. The van der Waals surface area contributed by atoms with Crippen molar-refractivity contribution in [3.63, 3.8) is 0 Å². The van der Waals surface area contributed by atoms with Gasteiger partial charge in [0.15, 0.2) is 0 Å². The van der Waals surface area contributed by atoms with Crippen LogP contribution in [0.15, 0.2) is 24.9 Å². The third-order valence-electron chi connectivity index (χ3n) is 1.46. The molecule has 0 bridgehead atoms. The summed E-state index contributed by atoms with van der Waals surface area (Å²) >= 11 is 5.55. The van der Waals surface area contributed by atoms with Gasteiger partial charge in [-0.1, -0.05) is 17.7 Å². The summed E-state index contributed by atoms with van der Waals surface area (Å²) in [6.07, 6.45) is 2.48. The molecule has 0 aliphatic carbocycles. The fourth-order valence-corrected chi connectivity index (χ4v) is 0.976. The average molecular weight is 187 g/mol. The van der Waals surface area contributed by atoms with E-state index in [4.69, 9.17) is 17.3 Å². The minimum absolute atomic E-state index is 0.226. The Morgan fingerprint density at radius 2 is 2.42 bits per heavy atom. The smallest absolute Gasteiger partial charge is 0.146 e. The van der Waals surface area contributed by atoms with Crippen molar-refractivity contribution in [2.45, 2.75) is 6.04 Å². The average Bonchev–Trinajstić information content (AvgIpc) is 2.08. The number of rotatable bonds is 2. The van der Waals surface area contributed by atoms with Crippen LogP contribution in [0, 0.1) is 5.82 Å². The number of nitrogens with zero attached hydrogens (tertiary/aromatic N) is 1. The van der Waals surface area contributed by atoms with Crippen molar-refractivity contribution in [2.75, 3.05) is 0 Å². The van der Waals surface area contributed by atoms with Crippen LogP contribution >= 0.6 is 11.6 Å². The van der Waals surface area contributed by atoms with Crippen LogP contribution in [0.5, 0.6) is 0 Å². The number of pyridine rings is 1. The molecule has 0 saturated carbocycles. The van der Waals surface area contributed by atoms with Crippen LogP contribution in [0.4, 0.5) is 4.39 Å². The normalized spacial score (nSPS) is 12.6. The van der Waals surface area contributed by atoms with E-state index in [2.05, 4.69) is 11.6 Å². The SMILES string of the molecule is C=CC(N)c1cc(Cl)ncc1F. The Hall–Kier alpha value is -0.930. The van der Waals surface area contributed by atoms with Crippen molar-refractivity contribution in [1.82, 2.24) is 4.98 Å². The molecule has 1 rings (SSSR count). The number of hydrogen-bond acceptors (Lipinski definition) is 2. The van der Waals surface area contributed by atoms with Gasteiger partial charge in [0.2, 0.25) is 0 Å². The van der Waals surface area contributed by atoms with Crippen molar-refractivity contribution >= 4 is 11.6 Å². The molecule has 1 heterocycles. The molecule has 1 unspecified atom stereocenters. The Morgan fingerprint density at radius 1 is 1.75 bits per heavy atom. The molecule has 0 radical (unpaired) electrons. The van der Waals surface area contributed by atoms with Crippen molar-refractivity contribution in [3.8, 4) is 0 Å². The second-order valence-electron chi connectivity index (χ2n) is 2.29. The molecular weight excluding hydrogens is 179 g/mol. The number of aromatic nitrogens is 1. The van der Waals surface area contributed by atoms with E-state index >= 15 is 0 Å². The van der Waals surface area contributed by atoms with Crippen molar-refractivity contribution in [2.24, 2.45) is 5.73 Å². The minimum atomic E-state index is -0.537. The van der Waals surface area contributed by atoms with Gasteiger partial charge in [-0.05, 0) is 6.07 Å². The van der Waals surface area contributed by atoms with Gasteiger partial charge in [0.25, 0.3) is 0 Å². The van der Waals surface area contributed by atoms with Crippen LogP contribution in [0.25, 0.3) is 0 Å². The third kappa shape index (κ3) is 1.81. The molecule has 0 fully saturated rings. The Labute approximate surface area is 74.9 Å². The zero-order valence-corrected chi connectivity index (χ0v) is 7.05. The molecule has 0 aliphatic heterocycles. The Morgan fingerprint density at radius 3 is 3.00 bits per heavy atom. The zero-order valence-electron chi connectivity index (χ0n) is 6.30. The molecule has 0 saturated heterocycles. The molecule has 0 aromatic carbocycles. The molecule has 0 amide bonds. The number of hydrogen-bond donors (Lipinski definition) is 1. The van der Waals surface area contributed by atoms with E-state index in [-0.39, 0.29) is 5.15 Å². The van der Waals surface area contributed by atoms with Gasteiger partial charge in [0.05, 0.1) is 12.2 Å². The van der Waals surface area contributed by atoms with Crippen molar-refractivity contribution in [1.29, 1.82) is 0 Å². The minimum Gasteiger partial charge on any atom is -0.321 e. The summed E-state index contributed by atoms with van der Waals surface area (Å²) in [7, 11) is 0. The first-order chi connectivity index (χ1) is 5.65. The second-order valence-corrected chi connectivity index (χ2v) is 2.68. The van der Waals surface area contributed by atoms with Gasteiger partial charge >= 0.3 is 0 Å². The van der Waals surface area contributed by atoms with Crippen molar-refractivity contribution < 1.29 is 4.39 Å². The zero-order chi connectivity index (χ0) is 9.14. The van der Waals surface area contributed by atoms with E-state index in [0.29, 0.717) is 5.56 Å². The second kappa shape index (κ2) is 3.65. The summed E-state index contributed by atoms with van der Waals surface area (Å²) in [5.41, 5.74) is 5.83. The fraction of sp³-hybridized carbons (Fsp3) is 0.125. The maximum atomic E-state index is 13.0. The van der Waals surface area contributed by atoms with Crippen molar-refractivity contribution in [3.05, 3.63) is 41.5 Å². The van der Waals surface area contributed by atoms with Gasteiger partial charge in [0.1, 0.15) is 11.0 Å². The Kier molecular flexibility index (Phi) is 2.78. The molecule has 2 N–H and O–H groups in total. The first kappa shape index (κ1) is 9.16. The summed E-state index contributed by atoms with van der Waals surface area (Å²) in [4.78, 5) is 3.56. The molecular formula is C8H8ClFN2. The number of nitrogens with two attached hydrogens (primary N) is 1. The Balaban J connectivity index is 3.12. The summed E-state index contributed by atoms with van der Waals surface area (Å²) in [6, 6.07) is 0.856. The molecule has 12 heavy (non-hydrogen) atoms. The van der Waals surface area contributed by atoms with Gasteiger partial charge in [-0.3, -0.25) is 0 Å². The highest BCUT2D eigenvalue weighted by molar-refractivity contribution is 6.29. The van der Waals surface area contributed by atoms with Crippen LogP contribution in [-0.4, -0.2) is 4.98 Å². The van der Waals surface area contributed by atoms with E-state index in [1.54, 1.807) is 0 Å². The summed E-state index contributed by atoms with van der Waals surface area (Å²) < 4.78 is 13.0. The fourth-order valence-electron chi connectivity index (χ4n) is 0.810. The van der Waals surface area contributed by atoms with Crippen LogP contribution < -0.4 is 5.73 Å². The molecule has 1 aromatic rings. The Bertz CT molecular complexity index is 301. The van der Waals surface area contributed by atoms with E-state index in [1.165, 1.54) is 12.1 Å². The maximum Gasteiger partial charge on any atom is 0.146 e. The lowest BCUT2D eigenvalue weighted by molar-refractivity contribution is 0.596. The van der Waals surface area contributed by atoms with Crippen LogP contribution in [0.1, 0.15) is 11.6 Å². The van der Waals surface area contributed by atoms with E-state index in [1.807, 2.05) is 0 Å². The van der Waals surface area contributed by atoms with Crippen LogP contribution in [-0.2, 0) is 0 Å². The molecule has 0 spiro atoms. The van der Waals surface area contributed by atoms with E-state index in [9.17, 15) is 4.39 Å². The topological polar surface area (TPSA) is 38.9 Å². The number of halogens is 2. The first-order valence-electron chi connectivity index (χ1n) is 3.34. The molecule has 1 atom stereocenters. The largest absolute Gasteiger partial charge is 0.321 e. The third-order valence-corrected chi connectivity index (χ3v) is 1.67. The standard InChI is InChI=1S/C8H8ClFN2/c1-2-7(11)5-3-8(9)12-4-6(5)10/h2-4,7H,1,11H2. The first-order valence-corrected chi connectivity index (χ1v) is 3.72. The van der Waals surface area contributed by atoms with Gasteiger partial charge in [-0.25, -0.2) is 9.37 Å². The predicted molar refractivity (Wildman–Crippen MR) is 46.3 cm³/mol. The quantitative estimate of drug-likeness (QED) is 0.567.